The van der Waals surface area contributed by atoms with Crippen LogP contribution < -0.4 is 10.1 Å². The second-order valence-corrected chi connectivity index (χ2v) is 4.05. The molecule has 0 aliphatic carbocycles. The number of ether oxygens (including phenoxy) is 2. The molecule has 0 bridgehead atoms. The number of para-hydroxylation sites is 1. The van der Waals surface area contributed by atoms with Crippen molar-refractivity contribution in [3.8, 4) is 5.75 Å². The fraction of sp³-hybridized carbons (Fsp3) is 0.375. The van der Waals surface area contributed by atoms with Gasteiger partial charge in [0.15, 0.2) is 0 Å². The lowest BCUT2D eigenvalue weighted by molar-refractivity contribution is 0.102. The van der Waals surface area contributed by atoms with Crippen LogP contribution in [-0.4, -0.2) is 32.9 Å². The maximum absolute atomic E-state index is 5.71. The van der Waals surface area contributed by atoms with Crippen molar-refractivity contribution in [2.75, 3.05) is 32.9 Å². The van der Waals surface area contributed by atoms with Crippen molar-refractivity contribution >= 4 is 0 Å². The molecule has 1 aromatic carbocycles. The van der Waals surface area contributed by atoms with Gasteiger partial charge in [0.25, 0.3) is 0 Å². The molecule has 0 heterocycles. The van der Waals surface area contributed by atoms with Crippen LogP contribution in [0.3, 0.4) is 0 Å². The van der Waals surface area contributed by atoms with Gasteiger partial charge in [-0.2, -0.15) is 0 Å². The van der Waals surface area contributed by atoms with E-state index in [-0.39, 0.29) is 0 Å². The van der Waals surface area contributed by atoms with Crippen molar-refractivity contribution in [1.29, 1.82) is 0 Å². The van der Waals surface area contributed by atoms with E-state index in [1.807, 2.05) is 30.4 Å². The molecule has 0 aliphatic heterocycles. The number of benzene rings is 1. The first kappa shape index (κ1) is 15.5. The van der Waals surface area contributed by atoms with Gasteiger partial charge >= 0.3 is 0 Å². The van der Waals surface area contributed by atoms with E-state index in [9.17, 15) is 0 Å². The summed E-state index contributed by atoms with van der Waals surface area (Å²) in [5, 5.41) is 3.17. The minimum atomic E-state index is 0.565. The molecule has 0 unspecified atom stereocenters. The monoisotopic (exact) mass is 261 g/mol. The van der Waals surface area contributed by atoms with E-state index in [1.54, 1.807) is 0 Å². The molecule has 0 aliphatic rings. The summed E-state index contributed by atoms with van der Waals surface area (Å²) in [6.45, 7) is 10.9. The Hall–Kier alpha value is -1.58. The van der Waals surface area contributed by atoms with E-state index in [0.29, 0.717) is 19.8 Å². The van der Waals surface area contributed by atoms with Gasteiger partial charge in [0.05, 0.1) is 13.2 Å². The van der Waals surface area contributed by atoms with E-state index in [1.165, 1.54) is 0 Å². The van der Waals surface area contributed by atoms with Gasteiger partial charge in [-0.1, -0.05) is 30.4 Å². The fourth-order valence-corrected chi connectivity index (χ4v) is 1.63. The van der Waals surface area contributed by atoms with Crippen LogP contribution in [0.25, 0.3) is 0 Å². The third-order valence-corrected chi connectivity index (χ3v) is 2.53. The van der Waals surface area contributed by atoms with Gasteiger partial charge in [-0.25, -0.2) is 0 Å². The third-order valence-electron chi connectivity index (χ3n) is 2.53. The summed E-state index contributed by atoms with van der Waals surface area (Å²) in [4.78, 5) is 0. The number of hydrogen-bond acceptors (Lipinski definition) is 3. The lowest BCUT2D eigenvalue weighted by Crippen LogP contribution is -2.20. The minimum Gasteiger partial charge on any atom is -0.491 e. The van der Waals surface area contributed by atoms with Crippen LogP contribution in [0, 0.1) is 0 Å². The molecular formula is C16H23NO2. The van der Waals surface area contributed by atoms with Gasteiger partial charge < -0.3 is 14.8 Å². The Morgan fingerprint density at radius 2 is 1.89 bits per heavy atom. The van der Waals surface area contributed by atoms with Gasteiger partial charge in [0, 0.05) is 13.1 Å². The topological polar surface area (TPSA) is 30.5 Å². The Kier molecular flexibility index (Phi) is 8.43. The summed E-state index contributed by atoms with van der Waals surface area (Å²) in [6, 6.07) is 8.01. The van der Waals surface area contributed by atoms with Crippen LogP contribution in [0.4, 0.5) is 0 Å². The molecule has 104 valence electrons. The largest absolute Gasteiger partial charge is 0.491 e. The van der Waals surface area contributed by atoms with E-state index in [4.69, 9.17) is 9.47 Å². The van der Waals surface area contributed by atoms with Crippen LogP contribution in [0.15, 0.2) is 49.6 Å². The smallest absolute Gasteiger partial charge is 0.122 e. The normalized spacial score (nSPS) is 10.1. The lowest BCUT2D eigenvalue weighted by atomic mass is 10.1. The fourth-order valence-electron chi connectivity index (χ4n) is 1.63. The summed E-state index contributed by atoms with van der Waals surface area (Å²) in [5.74, 6) is 0.913. The molecule has 0 saturated heterocycles. The predicted molar refractivity (Wildman–Crippen MR) is 79.7 cm³/mol. The molecular weight excluding hydrogens is 238 g/mol. The standard InChI is InChI=1S/C16H23NO2/c1-3-7-15-8-5-6-9-16(15)19-14-13-18-12-11-17-10-4-2/h3-6,8-9,17H,1-2,7,10-14H2. The molecule has 0 saturated carbocycles. The average molecular weight is 261 g/mol. The highest BCUT2D eigenvalue weighted by Crippen LogP contribution is 2.18. The van der Waals surface area contributed by atoms with E-state index in [0.717, 1.165) is 30.8 Å². The van der Waals surface area contributed by atoms with Gasteiger partial charge in [-0.05, 0) is 18.1 Å². The van der Waals surface area contributed by atoms with Crippen molar-refractivity contribution < 1.29 is 9.47 Å². The van der Waals surface area contributed by atoms with Crippen LogP contribution in [0.2, 0.25) is 0 Å². The highest BCUT2D eigenvalue weighted by molar-refractivity contribution is 5.34. The third kappa shape index (κ3) is 6.79. The average Bonchev–Trinajstić information content (AvgIpc) is 2.44. The summed E-state index contributed by atoms with van der Waals surface area (Å²) < 4.78 is 11.2. The SMILES string of the molecule is C=CCNCCOCCOc1ccccc1CC=C. The highest BCUT2D eigenvalue weighted by Gasteiger charge is 2.00. The van der Waals surface area contributed by atoms with Crippen LogP contribution in [0.1, 0.15) is 5.56 Å². The predicted octanol–water partition coefficient (Wildman–Crippen LogP) is 2.59. The lowest BCUT2D eigenvalue weighted by Gasteiger charge is -2.10. The molecule has 3 heteroatoms. The first-order valence-corrected chi connectivity index (χ1v) is 6.59. The minimum absolute atomic E-state index is 0.565. The number of rotatable bonds is 11. The summed E-state index contributed by atoms with van der Waals surface area (Å²) in [6.07, 6.45) is 4.53. The van der Waals surface area contributed by atoms with Crippen LogP contribution >= 0.6 is 0 Å². The molecule has 0 spiro atoms. The van der Waals surface area contributed by atoms with Gasteiger partial charge in [-0.3, -0.25) is 0 Å². The Morgan fingerprint density at radius 1 is 1.05 bits per heavy atom. The second-order valence-electron chi connectivity index (χ2n) is 4.05. The molecule has 0 fully saturated rings. The Balaban J connectivity index is 2.15. The van der Waals surface area contributed by atoms with Gasteiger partial charge in [0.2, 0.25) is 0 Å². The van der Waals surface area contributed by atoms with Crippen molar-refractivity contribution in [2.45, 2.75) is 6.42 Å². The Labute approximate surface area is 115 Å². The summed E-state index contributed by atoms with van der Waals surface area (Å²) >= 11 is 0. The molecule has 0 atom stereocenters. The molecule has 0 amide bonds. The molecule has 0 radical (unpaired) electrons. The van der Waals surface area contributed by atoms with Crippen molar-refractivity contribution in [1.82, 2.24) is 5.32 Å². The first-order chi connectivity index (χ1) is 9.38. The Bertz CT molecular complexity index is 377. The zero-order valence-electron chi connectivity index (χ0n) is 11.4. The summed E-state index contributed by atoms with van der Waals surface area (Å²) in [7, 11) is 0. The zero-order chi connectivity index (χ0) is 13.8. The molecule has 0 aromatic heterocycles. The zero-order valence-corrected chi connectivity index (χ0v) is 11.4. The van der Waals surface area contributed by atoms with Crippen molar-refractivity contribution in [3.05, 3.63) is 55.1 Å². The number of hydrogen-bond donors (Lipinski definition) is 1. The Morgan fingerprint density at radius 3 is 2.68 bits per heavy atom. The quantitative estimate of drug-likeness (QED) is 0.490. The van der Waals surface area contributed by atoms with Crippen LogP contribution in [0.5, 0.6) is 5.75 Å². The second kappa shape index (κ2) is 10.4. The first-order valence-electron chi connectivity index (χ1n) is 6.59. The van der Waals surface area contributed by atoms with Crippen molar-refractivity contribution in [2.24, 2.45) is 0 Å². The number of nitrogens with one attached hydrogen (secondary N) is 1. The molecule has 1 rings (SSSR count). The number of allylic oxidation sites excluding steroid dienone is 1. The molecule has 1 N–H and O–H groups in total. The highest BCUT2D eigenvalue weighted by atomic mass is 16.5. The van der Waals surface area contributed by atoms with E-state index >= 15 is 0 Å². The molecule has 19 heavy (non-hydrogen) atoms. The van der Waals surface area contributed by atoms with E-state index in [2.05, 4.69) is 24.5 Å². The van der Waals surface area contributed by atoms with Crippen molar-refractivity contribution in [3.63, 3.8) is 0 Å². The molecule has 3 nitrogen and oxygen atoms in total. The molecule has 1 aromatic rings. The van der Waals surface area contributed by atoms with Gasteiger partial charge in [0.1, 0.15) is 12.4 Å². The maximum atomic E-state index is 5.71. The maximum Gasteiger partial charge on any atom is 0.122 e. The van der Waals surface area contributed by atoms with Crippen LogP contribution in [-0.2, 0) is 11.2 Å². The van der Waals surface area contributed by atoms with Gasteiger partial charge in [-0.15, -0.1) is 13.2 Å². The summed E-state index contributed by atoms with van der Waals surface area (Å²) in [5.41, 5.74) is 1.16. The van der Waals surface area contributed by atoms with E-state index < -0.39 is 0 Å².